The number of carbonyl (C=O) groups excluding carboxylic acids is 3. The summed E-state index contributed by atoms with van der Waals surface area (Å²) in [5.41, 5.74) is -1.16. The molecule has 0 rings (SSSR count). The Kier molecular flexibility index (Phi) is 11.7. The second kappa shape index (κ2) is 12.3. The smallest absolute Gasteiger partial charge is 0.418 e. The van der Waals surface area contributed by atoms with Crippen LogP contribution in [0.4, 0.5) is 9.59 Å². The lowest BCUT2D eigenvalue weighted by Crippen LogP contribution is -2.44. The Morgan fingerprint density at radius 3 is 1.96 bits per heavy atom. The maximum absolute atomic E-state index is 12.2. The van der Waals surface area contributed by atoms with Crippen LogP contribution in [0.2, 0.25) is 0 Å². The first-order valence-electron chi connectivity index (χ1n) is 9.57. The molecule has 3 amide bonds. The van der Waals surface area contributed by atoms with Crippen LogP contribution in [0.15, 0.2) is 0 Å². The van der Waals surface area contributed by atoms with Crippen molar-refractivity contribution < 1.29 is 23.9 Å². The van der Waals surface area contributed by atoms with Gasteiger partial charge in [-0.3, -0.25) is 4.79 Å². The highest BCUT2D eigenvalue weighted by Gasteiger charge is 2.29. The lowest BCUT2D eigenvalue weighted by atomic mass is 10.2. The number of carbonyl (C=O) groups is 3. The van der Waals surface area contributed by atoms with Crippen LogP contribution in [0.5, 0.6) is 0 Å². The Balaban J connectivity index is 4.01. The molecule has 0 aliphatic rings. The lowest BCUT2D eigenvalue weighted by molar-refractivity contribution is -0.128. The summed E-state index contributed by atoms with van der Waals surface area (Å²) in [6.45, 7) is 14.0. The van der Waals surface area contributed by atoms with Gasteiger partial charge in [0.1, 0.15) is 11.2 Å². The number of nitrogens with one attached hydrogen (secondary N) is 2. The fraction of sp³-hybridized carbons (Fsp3) is 0.842. The molecule has 164 valence electrons. The molecule has 0 saturated carbocycles. The standard InChI is InChI=1S/C19H36BrN3O5/c1-14(24)23(17(26)28-19(5,6)7)15(20)10-13-21-11-8-9-12-22-16(25)27-18(2,3)4/h15,21H,8-13H2,1-7H3,(H,22,25). The van der Waals surface area contributed by atoms with Crippen molar-refractivity contribution >= 4 is 34.0 Å². The van der Waals surface area contributed by atoms with E-state index in [9.17, 15) is 14.4 Å². The number of halogens is 1. The lowest BCUT2D eigenvalue weighted by Gasteiger charge is -2.28. The zero-order valence-corrected chi connectivity index (χ0v) is 19.8. The number of amides is 3. The molecular weight excluding hydrogens is 430 g/mol. The summed E-state index contributed by atoms with van der Waals surface area (Å²) in [6, 6.07) is 0. The Bertz CT molecular complexity index is 515. The molecule has 0 saturated heterocycles. The van der Waals surface area contributed by atoms with Crippen LogP contribution >= 0.6 is 15.9 Å². The Morgan fingerprint density at radius 1 is 0.929 bits per heavy atom. The predicted molar refractivity (Wildman–Crippen MR) is 112 cm³/mol. The van der Waals surface area contributed by atoms with E-state index < -0.39 is 28.3 Å². The normalized spacial score (nSPS) is 12.9. The first-order chi connectivity index (χ1) is 12.7. The second-order valence-corrected chi connectivity index (χ2v) is 9.54. The predicted octanol–water partition coefficient (Wildman–Crippen LogP) is 3.78. The van der Waals surface area contributed by atoms with Gasteiger partial charge >= 0.3 is 12.2 Å². The Hall–Kier alpha value is -1.35. The first-order valence-corrected chi connectivity index (χ1v) is 10.5. The fourth-order valence-corrected chi connectivity index (χ4v) is 2.79. The topological polar surface area (TPSA) is 97.0 Å². The van der Waals surface area contributed by atoms with Gasteiger partial charge in [-0.25, -0.2) is 14.5 Å². The highest BCUT2D eigenvalue weighted by atomic mass is 79.9. The molecule has 9 heteroatoms. The summed E-state index contributed by atoms with van der Waals surface area (Å²) in [5.74, 6) is -0.371. The van der Waals surface area contributed by atoms with E-state index in [0.717, 1.165) is 24.3 Å². The molecule has 2 N–H and O–H groups in total. The van der Waals surface area contributed by atoms with Crippen LogP contribution in [-0.2, 0) is 14.3 Å². The van der Waals surface area contributed by atoms with E-state index in [1.165, 1.54) is 6.92 Å². The van der Waals surface area contributed by atoms with Crippen molar-refractivity contribution in [1.29, 1.82) is 0 Å². The van der Waals surface area contributed by atoms with Crippen LogP contribution in [-0.4, -0.2) is 58.8 Å². The van der Waals surface area contributed by atoms with Gasteiger partial charge in [-0.2, -0.15) is 0 Å². The first kappa shape index (κ1) is 26.6. The summed E-state index contributed by atoms with van der Waals surface area (Å²) in [7, 11) is 0. The maximum atomic E-state index is 12.2. The van der Waals surface area contributed by atoms with Crippen LogP contribution in [0.3, 0.4) is 0 Å². The molecule has 0 spiro atoms. The van der Waals surface area contributed by atoms with Crippen LogP contribution in [0, 0.1) is 0 Å². The van der Waals surface area contributed by atoms with Gasteiger partial charge in [0.2, 0.25) is 5.91 Å². The Labute approximate surface area is 177 Å². The van der Waals surface area contributed by atoms with Crippen LogP contribution < -0.4 is 10.6 Å². The molecule has 0 bridgehead atoms. The van der Waals surface area contributed by atoms with Gasteiger partial charge in [0.25, 0.3) is 0 Å². The molecule has 0 aromatic heterocycles. The van der Waals surface area contributed by atoms with Crippen molar-refractivity contribution in [3.63, 3.8) is 0 Å². The van der Waals surface area contributed by atoms with Crippen molar-refractivity contribution in [1.82, 2.24) is 15.5 Å². The van der Waals surface area contributed by atoms with Gasteiger partial charge in [0, 0.05) is 13.5 Å². The van der Waals surface area contributed by atoms with Crippen molar-refractivity contribution in [2.45, 2.75) is 83.9 Å². The minimum absolute atomic E-state index is 0.371. The molecule has 28 heavy (non-hydrogen) atoms. The van der Waals surface area contributed by atoms with E-state index >= 15 is 0 Å². The SMILES string of the molecule is CC(=O)N(C(=O)OC(C)(C)C)C(Br)CCNCCCCNC(=O)OC(C)(C)C. The number of imide groups is 1. The molecule has 0 aliphatic heterocycles. The van der Waals surface area contributed by atoms with Crippen molar-refractivity contribution in [3.8, 4) is 0 Å². The number of unbranched alkanes of at least 4 members (excludes halogenated alkanes) is 1. The van der Waals surface area contributed by atoms with E-state index in [1.54, 1.807) is 20.8 Å². The van der Waals surface area contributed by atoms with E-state index in [-0.39, 0.29) is 5.91 Å². The maximum Gasteiger partial charge on any atom is 0.418 e. The molecule has 0 aliphatic carbocycles. The number of rotatable bonds is 9. The molecule has 8 nitrogen and oxygen atoms in total. The summed E-state index contributed by atoms with van der Waals surface area (Å²) in [5, 5.41) is 5.97. The van der Waals surface area contributed by atoms with Gasteiger partial charge in [0.15, 0.2) is 0 Å². The van der Waals surface area contributed by atoms with E-state index in [0.29, 0.717) is 19.5 Å². The minimum atomic E-state index is -0.664. The minimum Gasteiger partial charge on any atom is -0.444 e. The quantitative estimate of drug-likeness (QED) is 0.305. The van der Waals surface area contributed by atoms with Gasteiger partial charge in [-0.1, -0.05) is 15.9 Å². The number of nitrogens with zero attached hydrogens (tertiary/aromatic N) is 1. The molecule has 0 heterocycles. The van der Waals surface area contributed by atoms with Crippen molar-refractivity contribution in [2.24, 2.45) is 0 Å². The third-order valence-corrected chi connectivity index (χ3v) is 4.08. The van der Waals surface area contributed by atoms with E-state index in [1.807, 2.05) is 20.8 Å². The van der Waals surface area contributed by atoms with Gasteiger partial charge < -0.3 is 20.1 Å². The zero-order valence-electron chi connectivity index (χ0n) is 18.2. The third-order valence-electron chi connectivity index (χ3n) is 3.22. The summed E-state index contributed by atoms with van der Waals surface area (Å²) >= 11 is 3.39. The van der Waals surface area contributed by atoms with Crippen LogP contribution in [0.25, 0.3) is 0 Å². The third kappa shape index (κ3) is 13.8. The van der Waals surface area contributed by atoms with Crippen LogP contribution in [0.1, 0.15) is 67.7 Å². The van der Waals surface area contributed by atoms with E-state index in [4.69, 9.17) is 9.47 Å². The van der Waals surface area contributed by atoms with Gasteiger partial charge in [-0.15, -0.1) is 0 Å². The van der Waals surface area contributed by atoms with E-state index in [2.05, 4.69) is 26.6 Å². The monoisotopic (exact) mass is 465 g/mol. The molecule has 1 atom stereocenters. The summed E-state index contributed by atoms with van der Waals surface area (Å²) in [4.78, 5) is 36.1. The fourth-order valence-electron chi connectivity index (χ4n) is 2.11. The number of hydrogen-bond acceptors (Lipinski definition) is 6. The number of alkyl halides is 1. The molecule has 1 unspecified atom stereocenters. The molecule has 0 fully saturated rings. The van der Waals surface area contributed by atoms with Gasteiger partial charge in [0.05, 0.1) is 4.95 Å². The van der Waals surface area contributed by atoms with Crippen molar-refractivity contribution in [3.05, 3.63) is 0 Å². The van der Waals surface area contributed by atoms with Crippen molar-refractivity contribution in [2.75, 3.05) is 19.6 Å². The summed E-state index contributed by atoms with van der Waals surface area (Å²) in [6.07, 6.45) is 1.19. The molecule has 0 radical (unpaired) electrons. The molecule has 0 aromatic rings. The zero-order chi connectivity index (χ0) is 22.0. The number of hydrogen-bond donors (Lipinski definition) is 2. The number of ether oxygens (including phenoxy) is 2. The Morgan fingerprint density at radius 2 is 1.46 bits per heavy atom. The largest absolute Gasteiger partial charge is 0.444 e. The summed E-state index contributed by atoms with van der Waals surface area (Å²) < 4.78 is 10.4. The average Bonchev–Trinajstić information content (AvgIpc) is 2.45. The molecular formula is C19H36BrN3O5. The highest BCUT2D eigenvalue weighted by molar-refractivity contribution is 9.09. The highest BCUT2D eigenvalue weighted by Crippen LogP contribution is 2.17. The van der Waals surface area contributed by atoms with Gasteiger partial charge in [-0.05, 0) is 73.9 Å². The number of alkyl carbamates (subject to hydrolysis) is 1. The molecule has 0 aromatic carbocycles. The average molecular weight is 466 g/mol. The second-order valence-electron chi connectivity index (χ2n) is 8.48.